The van der Waals surface area contributed by atoms with Crippen molar-refractivity contribution in [2.45, 2.75) is 284 Å². The number of unbranched alkanes of at least 4 members (excludes halogenated alkanes) is 12. The summed E-state index contributed by atoms with van der Waals surface area (Å²) < 4.78 is 48.1. The molecule has 4 fully saturated rings. The molecule has 2 N–H and O–H groups in total. The van der Waals surface area contributed by atoms with Crippen molar-refractivity contribution in [3.05, 3.63) is 24.3 Å². The summed E-state index contributed by atoms with van der Waals surface area (Å²) in [6.07, 6.45) is 36.7. The van der Waals surface area contributed by atoms with Crippen molar-refractivity contribution in [2.24, 2.45) is 29.1 Å². The van der Waals surface area contributed by atoms with E-state index >= 15 is 0 Å². The molecule has 0 aromatic rings. The quantitative estimate of drug-likeness (QED) is 0.0258. The molecule has 79 heavy (non-hydrogen) atoms. The van der Waals surface area contributed by atoms with Crippen molar-refractivity contribution in [2.75, 3.05) is 52.7 Å². The normalized spacial score (nSPS) is 24.4. The molecule has 0 spiro atoms. The molecular formula is C65H114N2O12. The van der Waals surface area contributed by atoms with E-state index in [9.17, 15) is 19.2 Å². The molecule has 0 aromatic heterocycles. The molecule has 14 nitrogen and oxygen atoms in total. The number of carbonyl (C=O) groups excluding carboxylic acids is 4. The highest BCUT2D eigenvalue weighted by molar-refractivity contribution is 5.87. The van der Waals surface area contributed by atoms with E-state index in [0.717, 1.165) is 88.9 Å². The van der Waals surface area contributed by atoms with Crippen molar-refractivity contribution >= 4 is 24.1 Å². The van der Waals surface area contributed by atoms with E-state index in [1.165, 1.54) is 128 Å². The summed E-state index contributed by atoms with van der Waals surface area (Å²) in [6, 6.07) is 0. The van der Waals surface area contributed by atoms with Crippen LogP contribution in [0.25, 0.3) is 0 Å². The molecule has 0 saturated heterocycles. The summed E-state index contributed by atoms with van der Waals surface area (Å²) in [5.41, 5.74) is 0.775. The summed E-state index contributed by atoms with van der Waals surface area (Å²) in [5, 5.41) is 5.43. The van der Waals surface area contributed by atoms with E-state index in [0.29, 0.717) is 23.0 Å². The summed E-state index contributed by atoms with van der Waals surface area (Å²) in [4.78, 5) is 49.6. The van der Waals surface area contributed by atoms with Crippen molar-refractivity contribution in [1.29, 1.82) is 0 Å². The topological polar surface area (TPSA) is 166 Å². The lowest BCUT2D eigenvalue weighted by atomic mass is 9.60. The van der Waals surface area contributed by atoms with Gasteiger partial charge >= 0.3 is 24.1 Å². The zero-order valence-electron chi connectivity index (χ0n) is 50.9. The number of rotatable bonds is 40. The first-order chi connectivity index (χ1) is 38.2. The van der Waals surface area contributed by atoms with E-state index in [2.05, 4.69) is 51.5 Å². The zero-order valence-corrected chi connectivity index (χ0v) is 50.9. The minimum absolute atomic E-state index is 0.0313. The predicted octanol–water partition coefficient (Wildman–Crippen LogP) is 15.0. The van der Waals surface area contributed by atoms with Gasteiger partial charge in [-0.25, -0.2) is 19.2 Å². The van der Waals surface area contributed by atoms with Gasteiger partial charge in [0.2, 0.25) is 0 Å². The maximum Gasteiger partial charge on any atom is 0.407 e. The molecule has 4 saturated carbocycles. The van der Waals surface area contributed by atoms with E-state index in [1.807, 2.05) is 0 Å². The molecule has 0 aliphatic heterocycles. The molecule has 0 bridgehead atoms. The molecule has 4 aliphatic carbocycles. The molecule has 14 heteroatoms. The number of ether oxygens (including phenoxy) is 8. The fourth-order valence-electron chi connectivity index (χ4n) is 12.7. The molecule has 4 aliphatic rings. The van der Waals surface area contributed by atoms with Crippen LogP contribution in [0, 0.1) is 29.1 Å². The highest BCUT2D eigenvalue weighted by Crippen LogP contribution is 2.49. The van der Waals surface area contributed by atoms with Crippen molar-refractivity contribution in [3.8, 4) is 0 Å². The first kappa shape index (κ1) is 68.3. The Bertz CT molecular complexity index is 1570. The second-order valence-corrected chi connectivity index (χ2v) is 24.9. The van der Waals surface area contributed by atoms with Gasteiger partial charge in [0.15, 0.2) is 12.2 Å². The Hall–Kier alpha value is -3.20. The third-order valence-corrected chi connectivity index (χ3v) is 18.0. The summed E-state index contributed by atoms with van der Waals surface area (Å²) in [5.74, 6) is 1.72. The number of nitrogens with one attached hydrogen (secondary N) is 2. The van der Waals surface area contributed by atoms with E-state index in [1.54, 1.807) is 13.8 Å². The number of alkyl carbamates (subject to hydrolysis) is 2. The van der Waals surface area contributed by atoms with Crippen LogP contribution in [0.1, 0.15) is 247 Å². The maximum absolute atomic E-state index is 13.0. The lowest BCUT2D eigenvalue weighted by molar-refractivity contribution is -0.139. The molecular weight excluding hydrogens is 1000 g/mol. The molecule has 2 amide bonds. The highest BCUT2D eigenvalue weighted by Gasteiger charge is 2.41. The fraction of sp³-hybridized carbons (Fsp3) is 0.877. The second-order valence-electron chi connectivity index (χ2n) is 24.9. The molecule has 456 valence electrons. The average molecular weight is 1120 g/mol. The second kappa shape index (κ2) is 40.1. The van der Waals surface area contributed by atoms with Gasteiger partial charge in [-0.15, -0.1) is 0 Å². The van der Waals surface area contributed by atoms with Gasteiger partial charge in [-0.2, -0.15) is 0 Å². The lowest BCUT2D eigenvalue weighted by Crippen LogP contribution is -2.41. The van der Waals surface area contributed by atoms with Gasteiger partial charge in [-0.1, -0.05) is 144 Å². The smallest absolute Gasteiger partial charge is 0.407 e. The Morgan fingerprint density at radius 1 is 0.443 bits per heavy atom. The van der Waals surface area contributed by atoms with Crippen LogP contribution >= 0.6 is 0 Å². The van der Waals surface area contributed by atoms with Crippen LogP contribution in [0.3, 0.4) is 0 Å². The van der Waals surface area contributed by atoms with Crippen LogP contribution in [0.15, 0.2) is 24.3 Å². The van der Waals surface area contributed by atoms with E-state index in [-0.39, 0.29) is 82.6 Å². The Kier molecular flexibility index (Phi) is 34.7. The van der Waals surface area contributed by atoms with Gasteiger partial charge in [-0.05, 0) is 146 Å². The average Bonchev–Trinajstić information content (AvgIpc) is 3.49. The standard InChI is InChI=1S/C65H114N2O12/c1-9-11-13-15-17-19-21-23-51-25-33-55(34-26-51)74-45-59(78-63(70)66-41-43-72-61(68)49(3)4)47-76-57-37-29-53(30-38-57)65(7,8)54-31-39-58(40-32-54)77-48-60(79-64(71)67-42-44-73-62(69)50(5)6)46-75-56-35-27-52(28-36-56)24-22-20-18-16-14-12-10-2/h51-60H,3,5,9-48H2,1-2,4,6-8H3,(H,66,70)(H,67,71). The first-order valence-electron chi connectivity index (χ1n) is 32.2. The Labute approximate surface area is 479 Å². The molecule has 4 rings (SSSR count). The molecule has 0 aromatic carbocycles. The third-order valence-electron chi connectivity index (χ3n) is 18.0. The van der Waals surface area contributed by atoms with Gasteiger partial charge in [0.05, 0.1) is 63.9 Å². The molecule has 0 heterocycles. The molecule has 0 radical (unpaired) electrons. The lowest BCUT2D eigenvalue weighted by Gasteiger charge is -2.46. The van der Waals surface area contributed by atoms with Crippen LogP contribution in [-0.4, -0.2) is 113 Å². The molecule has 2 unspecified atom stereocenters. The SMILES string of the molecule is C=C(C)C(=O)OCCNC(=O)OC(COC1CCC(CCCCCCCCC)CC1)COC1CCC(C(C)(C)C2CCC(OCC(COC3CCC(CCCCCCCCC)CC3)OC(=O)NCCOC(=O)C(=C)C)CC2)CC1. The van der Waals surface area contributed by atoms with Crippen molar-refractivity contribution in [1.82, 2.24) is 10.6 Å². The minimum atomic E-state index is -0.578. The van der Waals surface area contributed by atoms with Gasteiger partial charge in [-0.3, -0.25) is 0 Å². The zero-order chi connectivity index (χ0) is 57.1. The van der Waals surface area contributed by atoms with Crippen LogP contribution in [-0.2, 0) is 47.5 Å². The number of hydrogen-bond acceptors (Lipinski definition) is 12. The maximum atomic E-state index is 13.0. The number of esters is 2. The fourth-order valence-corrected chi connectivity index (χ4v) is 12.7. The Balaban J connectivity index is 1.19. The van der Waals surface area contributed by atoms with E-state index in [4.69, 9.17) is 37.9 Å². The minimum Gasteiger partial charge on any atom is -0.460 e. The van der Waals surface area contributed by atoms with E-state index < -0.39 is 36.3 Å². The predicted molar refractivity (Wildman–Crippen MR) is 314 cm³/mol. The van der Waals surface area contributed by atoms with Crippen molar-refractivity contribution in [3.63, 3.8) is 0 Å². The Morgan fingerprint density at radius 3 is 1.04 bits per heavy atom. The highest BCUT2D eigenvalue weighted by atomic mass is 16.6. The number of hydrogen-bond donors (Lipinski definition) is 2. The molecule has 2 atom stereocenters. The largest absolute Gasteiger partial charge is 0.460 e. The van der Waals surface area contributed by atoms with Gasteiger partial charge < -0.3 is 48.5 Å². The summed E-state index contributed by atoms with van der Waals surface area (Å²) in [6.45, 7) is 21.3. The van der Waals surface area contributed by atoms with Gasteiger partial charge in [0, 0.05) is 11.1 Å². The third kappa shape index (κ3) is 29.1. The number of carbonyl (C=O) groups is 4. The van der Waals surface area contributed by atoms with Crippen LogP contribution in [0.4, 0.5) is 9.59 Å². The van der Waals surface area contributed by atoms with Crippen LogP contribution in [0.2, 0.25) is 0 Å². The summed E-state index contributed by atoms with van der Waals surface area (Å²) in [7, 11) is 0. The van der Waals surface area contributed by atoms with Crippen LogP contribution in [0.5, 0.6) is 0 Å². The van der Waals surface area contributed by atoms with Gasteiger partial charge in [0.25, 0.3) is 0 Å². The number of amides is 2. The monoisotopic (exact) mass is 1110 g/mol. The first-order valence-corrected chi connectivity index (χ1v) is 32.2. The summed E-state index contributed by atoms with van der Waals surface area (Å²) >= 11 is 0. The van der Waals surface area contributed by atoms with Crippen molar-refractivity contribution < 1.29 is 57.1 Å². The Morgan fingerprint density at radius 2 is 0.734 bits per heavy atom. The van der Waals surface area contributed by atoms with Gasteiger partial charge in [0.1, 0.15) is 13.2 Å². The van der Waals surface area contributed by atoms with Crippen LogP contribution < -0.4 is 10.6 Å².